The topological polar surface area (TPSA) is 64.8 Å². The molecule has 4 rings (SSSR count). The van der Waals surface area contributed by atoms with Crippen LogP contribution in [0.5, 0.6) is 0 Å². The number of nitrogens with zero attached hydrogens (tertiary/aromatic N) is 3. The molecule has 0 spiro atoms. The molecule has 1 atom stereocenters. The molecule has 0 saturated carbocycles. The smallest absolute Gasteiger partial charge is 0.217 e. The first-order chi connectivity index (χ1) is 17.6. The number of hydrogen-bond donors (Lipinski definition) is 0. The third-order valence-corrected chi connectivity index (χ3v) is 9.50. The van der Waals surface area contributed by atoms with Crippen LogP contribution in [-0.4, -0.2) is 26.2 Å². The summed E-state index contributed by atoms with van der Waals surface area (Å²) in [5, 5.41) is 8.44. The maximum absolute atomic E-state index is 8.12. The number of thioether (sulfide) groups is 1. The fourth-order valence-corrected chi connectivity index (χ4v) is 6.85. The quantitative estimate of drug-likeness (QED) is 0.194. The van der Waals surface area contributed by atoms with E-state index in [4.69, 9.17) is 66.1 Å². The summed E-state index contributed by atoms with van der Waals surface area (Å²) in [6.45, 7) is 8.50. The van der Waals surface area contributed by atoms with Gasteiger partial charge in [0.05, 0.1) is 25.6 Å². The molecule has 1 unspecified atom stereocenters. The molecule has 0 fully saturated rings. The highest BCUT2D eigenvalue weighted by Crippen LogP contribution is 2.42. The van der Waals surface area contributed by atoms with Crippen molar-refractivity contribution >= 4 is 75.7 Å². The van der Waals surface area contributed by atoms with Crippen molar-refractivity contribution in [2.45, 2.75) is 50.0 Å². The van der Waals surface area contributed by atoms with Gasteiger partial charge >= 0.3 is 6.15 Å². The van der Waals surface area contributed by atoms with Crippen LogP contribution >= 0.6 is 69.5 Å². The first-order valence-corrected chi connectivity index (χ1v) is 14.4. The minimum atomic E-state index is 0.250. The molecular weight excluding hydrogens is 592 g/mol. The lowest BCUT2D eigenvalue weighted by molar-refractivity contribution is -0.191. The summed E-state index contributed by atoms with van der Waals surface area (Å²) in [6, 6.07) is 11.2. The molecule has 0 aliphatic carbocycles. The van der Waals surface area contributed by atoms with Crippen LogP contribution in [0.4, 0.5) is 0 Å². The average molecular weight is 615 g/mol. The number of aromatic nitrogens is 3. The first-order valence-electron chi connectivity index (χ1n) is 11.2. The summed E-state index contributed by atoms with van der Waals surface area (Å²) in [5.41, 5.74) is 5.98. The number of aryl methyl sites for hydroxylation is 1. The standard InChI is InChI=1S/C25H23Cl4N3S2.CO2/c1-5-13(2)33-24-23(17-7-9-20(27)22(29)11-17)30-25(34-24)32-15(4)19(14(3)31-32)10-16-6-8-18(26)12-21(16)28;2-1-3/h6-9,11-13H,5,10H2,1-4H3;. The van der Waals surface area contributed by atoms with Gasteiger partial charge in [0, 0.05) is 38.5 Å². The van der Waals surface area contributed by atoms with Crippen LogP contribution in [0.2, 0.25) is 20.1 Å². The molecule has 0 bridgehead atoms. The van der Waals surface area contributed by atoms with E-state index in [1.807, 2.05) is 53.7 Å². The normalized spacial score (nSPS) is 11.6. The molecule has 2 aromatic carbocycles. The first kappa shape index (κ1) is 29.7. The van der Waals surface area contributed by atoms with Crippen molar-refractivity contribution in [1.29, 1.82) is 0 Å². The van der Waals surface area contributed by atoms with Crippen molar-refractivity contribution in [3.05, 3.63) is 79.0 Å². The van der Waals surface area contributed by atoms with E-state index in [1.54, 1.807) is 17.4 Å². The SMILES string of the molecule is CCC(C)Sc1sc(-n2nc(C)c(Cc3ccc(Cl)cc3Cl)c2C)nc1-c1ccc(Cl)c(Cl)c1.O=C=O. The van der Waals surface area contributed by atoms with Crippen LogP contribution in [-0.2, 0) is 16.0 Å². The molecule has 5 nitrogen and oxygen atoms in total. The molecule has 194 valence electrons. The Morgan fingerprint density at radius 1 is 1.03 bits per heavy atom. The number of thiazole rings is 1. The zero-order chi connectivity index (χ0) is 27.3. The molecule has 0 amide bonds. The Labute approximate surface area is 244 Å². The van der Waals surface area contributed by atoms with Crippen LogP contribution in [0, 0.1) is 13.8 Å². The van der Waals surface area contributed by atoms with Crippen molar-refractivity contribution in [3.63, 3.8) is 0 Å². The maximum atomic E-state index is 8.12. The highest BCUT2D eigenvalue weighted by molar-refractivity contribution is 8.01. The Bertz CT molecular complexity index is 1450. The predicted molar refractivity (Wildman–Crippen MR) is 154 cm³/mol. The Balaban J connectivity index is 0.00000121. The van der Waals surface area contributed by atoms with Crippen LogP contribution in [0.3, 0.4) is 0 Å². The van der Waals surface area contributed by atoms with Gasteiger partial charge in [0.25, 0.3) is 0 Å². The van der Waals surface area contributed by atoms with Crippen molar-refractivity contribution in [1.82, 2.24) is 14.8 Å². The Hall–Kier alpha value is -1.83. The van der Waals surface area contributed by atoms with Gasteiger partial charge < -0.3 is 0 Å². The van der Waals surface area contributed by atoms with Gasteiger partial charge in [-0.25, -0.2) is 9.67 Å². The molecule has 2 aromatic heterocycles. The van der Waals surface area contributed by atoms with E-state index < -0.39 is 0 Å². The summed E-state index contributed by atoms with van der Waals surface area (Å²) in [7, 11) is 0. The molecule has 0 aliphatic heterocycles. The van der Waals surface area contributed by atoms with Crippen LogP contribution in [0.15, 0.2) is 40.6 Å². The molecule has 4 aromatic rings. The molecule has 0 aliphatic rings. The molecule has 0 N–H and O–H groups in total. The lowest BCUT2D eigenvalue weighted by Crippen LogP contribution is -1.99. The van der Waals surface area contributed by atoms with Gasteiger partial charge in [-0.2, -0.15) is 14.7 Å². The van der Waals surface area contributed by atoms with Gasteiger partial charge in [-0.05, 0) is 50.1 Å². The fraction of sp³-hybridized carbons (Fsp3) is 0.269. The van der Waals surface area contributed by atoms with Crippen LogP contribution < -0.4 is 0 Å². The minimum Gasteiger partial charge on any atom is -0.217 e. The average Bonchev–Trinajstić information content (AvgIpc) is 3.38. The summed E-state index contributed by atoms with van der Waals surface area (Å²) >= 11 is 28.5. The van der Waals surface area contributed by atoms with Gasteiger partial charge in [-0.15, -0.1) is 11.8 Å². The molecule has 11 heteroatoms. The van der Waals surface area contributed by atoms with Gasteiger partial charge in [0.15, 0.2) is 0 Å². The second-order valence-electron chi connectivity index (χ2n) is 8.16. The summed E-state index contributed by atoms with van der Waals surface area (Å²) in [5.74, 6) is 0. The number of carbonyl (C=O) groups excluding carboxylic acids is 2. The Morgan fingerprint density at radius 2 is 1.73 bits per heavy atom. The van der Waals surface area contributed by atoms with Gasteiger partial charge in [0.2, 0.25) is 5.13 Å². The maximum Gasteiger partial charge on any atom is 0.373 e. The molecule has 37 heavy (non-hydrogen) atoms. The molecule has 0 saturated heterocycles. The molecular formula is C26H23Cl4N3O2S2. The highest BCUT2D eigenvalue weighted by atomic mass is 35.5. The lowest BCUT2D eigenvalue weighted by atomic mass is 10.0. The van der Waals surface area contributed by atoms with Crippen molar-refractivity contribution in [3.8, 4) is 16.4 Å². The van der Waals surface area contributed by atoms with E-state index >= 15 is 0 Å². The van der Waals surface area contributed by atoms with Crippen molar-refractivity contribution < 1.29 is 9.59 Å². The van der Waals surface area contributed by atoms with E-state index in [1.165, 1.54) is 0 Å². The van der Waals surface area contributed by atoms with Gasteiger partial charge in [-0.1, -0.05) is 83.7 Å². The third-order valence-electron chi connectivity index (χ3n) is 5.67. The summed E-state index contributed by atoms with van der Waals surface area (Å²) < 4.78 is 3.07. The number of benzene rings is 2. The van der Waals surface area contributed by atoms with Crippen LogP contribution in [0.1, 0.15) is 42.8 Å². The van der Waals surface area contributed by atoms with Crippen molar-refractivity contribution in [2.75, 3.05) is 0 Å². The monoisotopic (exact) mass is 613 g/mol. The highest BCUT2D eigenvalue weighted by Gasteiger charge is 2.21. The van der Waals surface area contributed by atoms with Gasteiger partial charge in [0.1, 0.15) is 0 Å². The second kappa shape index (κ2) is 13.3. The molecule has 0 radical (unpaired) electrons. The fourth-order valence-electron chi connectivity index (χ4n) is 3.53. The number of hydrogen-bond acceptors (Lipinski definition) is 6. The minimum absolute atomic E-state index is 0.250. The number of rotatable bonds is 7. The third kappa shape index (κ3) is 7.18. The van der Waals surface area contributed by atoms with Gasteiger partial charge in [-0.3, -0.25) is 0 Å². The van der Waals surface area contributed by atoms with E-state index in [-0.39, 0.29) is 6.15 Å². The summed E-state index contributed by atoms with van der Waals surface area (Å²) in [6.07, 6.45) is 1.98. The van der Waals surface area contributed by atoms with Crippen LogP contribution in [0.25, 0.3) is 16.4 Å². The largest absolute Gasteiger partial charge is 0.373 e. The zero-order valence-corrected chi connectivity index (χ0v) is 25.1. The number of halogens is 4. The lowest BCUT2D eigenvalue weighted by Gasteiger charge is -2.08. The predicted octanol–water partition coefficient (Wildman–Crippen LogP) is 9.12. The summed E-state index contributed by atoms with van der Waals surface area (Å²) in [4.78, 5) is 21.3. The zero-order valence-electron chi connectivity index (χ0n) is 20.4. The Morgan fingerprint density at radius 3 is 2.35 bits per heavy atom. The van der Waals surface area contributed by atoms with E-state index in [0.29, 0.717) is 31.8 Å². The Kier molecular flexibility index (Phi) is 10.7. The molecule has 2 heterocycles. The van der Waals surface area contributed by atoms with E-state index in [0.717, 1.165) is 49.5 Å². The second-order valence-corrected chi connectivity index (χ2v) is 12.5. The van der Waals surface area contributed by atoms with Crippen molar-refractivity contribution in [2.24, 2.45) is 0 Å². The van der Waals surface area contributed by atoms with E-state index in [9.17, 15) is 0 Å². The van der Waals surface area contributed by atoms with E-state index in [2.05, 4.69) is 20.8 Å².